The third-order valence-corrected chi connectivity index (χ3v) is 5.37. The summed E-state index contributed by atoms with van der Waals surface area (Å²) in [6.45, 7) is 3.80. The van der Waals surface area contributed by atoms with Crippen LogP contribution < -0.4 is 24.8 Å². The average Bonchev–Trinajstić information content (AvgIpc) is 3.25. The SMILES string of the molecule is COc1ccc(C)cc1NC(=O)C1=C(C)Nc2ncnn2[C@H]1c1ccc(OC)c(OC)c1. The Morgan fingerprint density at radius 1 is 1.00 bits per heavy atom. The summed E-state index contributed by atoms with van der Waals surface area (Å²) in [6, 6.07) is 10.6. The smallest absolute Gasteiger partial charge is 0.255 e. The van der Waals surface area contributed by atoms with Crippen LogP contribution in [0.1, 0.15) is 24.1 Å². The fraction of sp³-hybridized carbons (Fsp3) is 0.261. The normalized spacial score (nSPS) is 15.0. The Morgan fingerprint density at radius 2 is 1.72 bits per heavy atom. The maximum absolute atomic E-state index is 13.6. The number of ether oxygens (including phenoxy) is 3. The molecule has 2 N–H and O–H groups in total. The minimum atomic E-state index is -0.524. The van der Waals surface area contributed by atoms with Crippen LogP contribution in [0, 0.1) is 6.92 Å². The zero-order chi connectivity index (χ0) is 22.8. The first kappa shape index (κ1) is 21.2. The number of hydrogen-bond donors (Lipinski definition) is 2. The van der Waals surface area contributed by atoms with Crippen molar-refractivity contribution in [2.24, 2.45) is 0 Å². The number of benzene rings is 2. The topological polar surface area (TPSA) is 99.5 Å². The van der Waals surface area contributed by atoms with Crippen molar-refractivity contribution in [2.45, 2.75) is 19.9 Å². The molecule has 9 heteroatoms. The molecule has 9 nitrogen and oxygen atoms in total. The van der Waals surface area contributed by atoms with E-state index in [1.165, 1.54) is 6.33 Å². The molecule has 1 amide bonds. The number of anilines is 2. The standard InChI is InChI=1S/C23H25N5O4/c1-13-6-8-17(30-3)16(10-13)27-22(29)20-14(2)26-23-24-12-25-28(23)21(20)15-7-9-18(31-4)19(11-15)32-5/h6-12,21H,1-5H3,(H,27,29)(H,24,25,26)/t21-/m0/s1. The first-order valence-corrected chi connectivity index (χ1v) is 10.0. The number of nitrogens with one attached hydrogen (secondary N) is 2. The maximum Gasteiger partial charge on any atom is 0.255 e. The third kappa shape index (κ3) is 3.73. The lowest BCUT2D eigenvalue weighted by molar-refractivity contribution is -0.113. The van der Waals surface area contributed by atoms with Crippen molar-refractivity contribution >= 4 is 17.5 Å². The molecule has 1 aliphatic rings. The van der Waals surface area contributed by atoms with Crippen LogP contribution in [0.25, 0.3) is 0 Å². The van der Waals surface area contributed by atoms with Crippen molar-refractivity contribution < 1.29 is 19.0 Å². The van der Waals surface area contributed by atoms with Crippen LogP contribution in [0.15, 0.2) is 54.0 Å². The number of rotatable bonds is 6. The number of nitrogens with zero attached hydrogens (tertiary/aromatic N) is 3. The molecular formula is C23H25N5O4. The van der Waals surface area contributed by atoms with Gasteiger partial charge in [-0.15, -0.1) is 0 Å². The molecule has 0 saturated carbocycles. The molecular weight excluding hydrogens is 410 g/mol. The van der Waals surface area contributed by atoms with E-state index in [0.29, 0.717) is 40.2 Å². The van der Waals surface area contributed by atoms with E-state index in [1.807, 2.05) is 44.2 Å². The summed E-state index contributed by atoms with van der Waals surface area (Å²) in [7, 11) is 4.72. The predicted octanol–water partition coefficient (Wildman–Crippen LogP) is 3.54. The van der Waals surface area contributed by atoms with E-state index in [9.17, 15) is 4.79 Å². The molecule has 166 valence electrons. The van der Waals surface area contributed by atoms with Gasteiger partial charge in [-0.05, 0) is 49.2 Å². The van der Waals surface area contributed by atoms with E-state index in [1.54, 1.807) is 32.1 Å². The van der Waals surface area contributed by atoms with Gasteiger partial charge in [0.1, 0.15) is 18.1 Å². The molecule has 0 bridgehead atoms. The summed E-state index contributed by atoms with van der Waals surface area (Å²) in [5, 5.41) is 10.5. The Labute approximate surface area is 186 Å². The van der Waals surface area contributed by atoms with Crippen LogP contribution in [0.4, 0.5) is 11.6 Å². The summed E-state index contributed by atoms with van der Waals surface area (Å²) in [4.78, 5) is 17.8. The number of fused-ring (bicyclic) bond motifs is 1. The zero-order valence-electron chi connectivity index (χ0n) is 18.6. The Balaban J connectivity index is 1.79. The van der Waals surface area contributed by atoms with E-state index in [-0.39, 0.29) is 5.91 Å². The van der Waals surface area contributed by atoms with Crippen molar-refractivity contribution in [1.29, 1.82) is 0 Å². The van der Waals surface area contributed by atoms with Gasteiger partial charge in [-0.1, -0.05) is 12.1 Å². The molecule has 2 heterocycles. The molecule has 0 saturated heterocycles. The van der Waals surface area contributed by atoms with Crippen molar-refractivity contribution in [3.05, 3.63) is 65.1 Å². The van der Waals surface area contributed by atoms with Crippen LogP contribution >= 0.6 is 0 Å². The first-order chi connectivity index (χ1) is 15.5. The average molecular weight is 435 g/mol. The van der Waals surface area contributed by atoms with Gasteiger partial charge in [-0.2, -0.15) is 10.1 Å². The molecule has 32 heavy (non-hydrogen) atoms. The molecule has 0 radical (unpaired) electrons. The van der Waals surface area contributed by atoms with E-state index in [0.717, 1.165) is 11.1 Å². The number of carbonyl (C=O) groups excluding carboxylic acids is 1. The number of amides is 1. The summed E-state index contributed by atoms with van der Waals surface area (Å²) < 4.78 is 17.9. The van der Waals surface area contributed by atoms with E-state index in [4.69, 9.17) is 14.2 Å². The molecule has 0 aliphatic carbocycles. The Bertz CT molecular complexity index is 1200. The first-order valence-electron chi connectivity index (χ1n) is 10.0. The fourth-order valence-electron chi connectivity index (χ4n) is 3.83. The molecule has 1 atom stereocenters. The number of hydrogen-bond acceptors (Lipinski definition) is 7. The van der Waals surface area contributed by atoms with Crippen LogP contribution in [0.3, 0.4) is 0 Å². The van der Waals surface area contributed by atoms with Gasteiger partial charge in [0.2, 0.25) is 5.95 Å². The number of methoxy groups -OCH3 is 3. The molecule has 1 aliphatic heterocycles. The van der Waals surface area contributed by atoms with Crippen molar-refractivity contribution in [3.63, 3.8) is 0 Å². The zero-order valence-corrected chi connectivity index (χ0v) is 18.6. The Morgan fingerprint density at radius 3 is 2.44 bits per heavy atom. The summed E-state index contributed by atoms with van der Waals surface area (Å²) in [5.41, 5.74) is 3.57. The minimum Gasteiger partial charge on any atom is -0.495 e. The second-order valence-electron chi connectivity index (χ2n) is 7.37. The second-order valence-corrected chi connectivity index (χ2v) is 7.37. The highest BCUT2D eigenvalue weighted by atomic mass is 16.5. The molecule has 1 aromatic heterocycles. The fourth-order valence-corrected chi connectivity index (χ4v) is 3.83. The van der Waals surface area contributed by atoms with Crippen molar-refractivity contribution in [1.82, 2.24) is 14.8 Å². The highest BCUT2D eigenvalue weighted by Gasteiger charge is 2.34. The Kier molecular flexibility index (Phi) is 5.72. The largest absolute Gasteiger partial charge is 0.495 e. The number of aromatic nitrogens is 3. The van der Waals surface area contributed by atoms with Crippen molar-refractivity contribution in [3.8, 4) is 17.2 Å². The number of aryl methyl sites for hydroxylation is 1. The summed E-state index contributed by atoms with van der Waals surface area (Å²) in [6.07, 6.45) is 1.45. The lowest BCUT2D eigenvalue weighted by Gasteiger charge is -2.29. The second kappa shape index (κ2) is 8.62. The molecule has 0 spiro atoms. The summed E-state index contributed by atoms with van der Waals surface area (Å²) >= 11 is 0. The monoisotopic (exact) mass is 435 g/mol. The van der Waals surface area contributed by atoms with Crippen LogP contribution in [0.5, 0.6) is 17.2 Å². The quantitative estimate of drug-likeness (QED) is 0.611. The van der Waals surface area contributed by atoms with E-state index in [2.05, 4.69) is 20.7 Å². The van der Waals surface area contributed by atoms with Crippen LogP contribution in [0.2, 0.25) is 0 Å². The molecule has 0 fully saturated rings. The third-order valence-electron chi connectivity index (χ3n) is 5.37. The lowest BCUT2D eigenvalue weighted by Crippen LogP contribution is -2.31. The minimum absolute atomic E-state index is 0.278. The number of allylic oxidation sites excluding steroid dienone is 1. The maximum atomic E-state index is 13.6. The van der Waals surface area contributed by atoms with Crippen molar-refractivity contribution in [2.75, 3.05) is 32.0 Å². The summed E-state index contributed by atoms with van der Waals surface area (Å²) in [5.74, 6) is 2.00. The van der Waals surface area contributed by atoms with Gasteiger partial charge in [0.25, 0.3) is 5.91 Å². The predicted molar refractivity (Wildman–Crippen MR) is 120 cm³/mol. The highest BCUT2D eigenvalue weighted by molar-refractivity contribution is 6.06. The number of carbonyl (C=O) groups is 1. The van der Waals surface area contributed by atoms with Gasteiger partial charge in [0.15, 0.2) is 11.5 Å². The van der Waals surface area contributed by atoms with E-state index >= 15 is 0 Å². The van der Waals surface area contributed by atoms with Gasteiger partial charge in [-0.3, -0.25) is 4.79 Å². The molecule has 3 aromatic rings. The lowest BCUT2D eigenvalue weighted by atomic mass is 9.94. The van der Waals surface area contributed by atoms with Crippen LogP contribution in [-0.2, 0) is 4.79 Å². The van der Waals surface area contributed by atoms with Crippen LogP contribution in [-0.4, -0.2) is 42.0 Å². The molecule has 0 unspecified atom stereocenters. The van der Waals surface area contributed by atoms with Gasteiger partial charge >= 0.3 is 0 Å². The highest BCUT2D eigenvalue weighted by Crippen LogP contribution is 2.39. The van der Waals surface area contributed by atoms with Gasteiger partial charge in [-0.25, -0.2) is 4.68 Å². The van der Waals surface area contributed by atoms with Gasteiger partial charge < -0.3 is 24.8 Å². The Hall–Kier alpha value is -4.01. The van der Waals surface area contributed by atoms with Gasteiger partial charge in [0, 0.05) is 5.70 Å². The molecule has 4 rings (SSSR count). The van der Waals surface area contributed by atoms with Gasteiger partial charge in [0.05, 0.1) is 32.6 Å². The van der Waals surface area contributed by atoms with E-state index < -0.39 is 6.04 Å². The molecule has 2 aromatic carbocycles.